The fourth-order valence-corrected chi connectivity index (χ4v) is 3.48. The summed E-state index contributed by atoms with van der Waals surface area (Å²) in [4.78, 5) is 29.2. The van der Waals surface area contributed by atoms with Gasteiger partial charge in [0, 0.05) is 10.3 Å². The molecule has 0 bridgehead atoms. The number of benzene rings is 2. The summed E-state index contributed by atoms with van der Waals surface area (Å²) in [5.41, 5.74) is -0.884. The molecule has 2 aromatic carbocycles. The second-order valence-electron chi connectivity index (χ2n) is 8.03. The van der Waals surface area contributed by atoms with Crippen LogP contribution < -0.4 is 4.74 Å². The molecule has 0 amide bonds. The Morgan fingerprint density at radius 1 is 1.14 bits per heavy atom. The van der Waals surface area contributed by atoms with Crippen LogP contribution in [0.3, 0.4) is 0 Å². The summed E-state index contributed by atoms with van der Waals surface area (Å²) in [5, 5.41) is 11.6. The van der Waals surface area contributed by atoms with Crippen LogP contribution >= 0.6 is 0 Å². The van der Waals surface area contributed by atoms with Crippen LogP contribution in [-0.2, 0) is 15.1 Å². The highest BCUT2D eigenvalue weighted by Gasteiger charge is 2.57. The van der Waals surface area contributed by atoms with Gasteiger partial charge >= 0.3 is 5.97 Å². The smallest absolute Gasteiger partial charge is 0.346 e. The van der Waals surface area contributed by atoms with Crippen LogP contribution in [0.15, 0.2) is 59.6 Å². The minimum absolute atomic E-state index is 0.271. The highest BCUT2D eigenvalue weighted by molar-refractivity contribution is 6.03. The quantitative estimate of drug-likeness (QED) is 0.419. The van der Waals surface area contributed by atoms with Gasteiger partial charge in [-0.15, -0.1) is 0 Å². The molecule has 0 N–H and O–H groups in total. The van der Waals surface area contributed by atoms with Gasteiger partial charge in [0.25, 0.3) is 0 Å². The molecule has 0 aromatic heterocycles. The summed E-state index contributed by atoms with van der Waals surface area (Å²) in [5.74, 6) is -0.557. The molecule has 29 heavy (non-hydrogen) atoms. The van der Waals surface area contributed by atoms with Crippen LogP contribution in [-0.4, -0.2) is 30.4 Å². The fourth-order valence-electron chi connectivity index (χ4n) is 3.48. The van der Waals surface area contributed by atoms with Crippen molar-refractivity contribution in [2.45, 2.75) is 32.2 Å². The largest absolute Gasteiger partial charge is 0.497 e. The first kappa shape index (κ1) is 20.5. The zero-order valence-electron chi connectivity index (χ0n) is 16.9. The molecular weight excluding hydrogens is 372 g/mol. The molecule has 152 valence electrons. The SMILES string of the molecule is COc1ccc(C(C[N+](=O)[O-])C2(c3ccccc3)N=C(C(C)(C)C)OC2=O)cc1. The summed E-state index contributed by atoms with van der Waals surface area (Å²) in [6, 6.07) is 15.8. The van der Waals surface area contributed by atoms with Crippen molar-refractivity contribution in [2.24, 2.45) is 10.4 Å². The average Bonchev–Trinajstić information content (AvgIpc) is 3.05. The lowest BCUT2D eigenvalue weighted by atomic mass is 9.75. The van der Waals surface area contributed by atoms with Crippen LogP contribution in [0.1, 0.15) is 37.8 Å². The number of esters is 1. The molecule has 1 aliphatic heterocycles. The molecule has 7 heteroatoms. The monoisotopic (exact) mass is 396 g/mol. The second kappa shape index (κ2) is 7.66. The molecule has 1 heterocycles. The van der Waals surface area contributed by atoms with E-state index < -0.39 is 34.3 Å². The molecule has 0 fully saturated rings. The molecule has 7 nitrogen and oxygen atoms in total. The minimum atomic E-state index is -1.54. The van der Waals surface area contributed by atoms with Crippen LogP contribution in [0.5, 0.6) is 5.75 Å². The van der Waals surface area contributed by atoms with Crippen molar-refractivity contribution in [3.8, 4) is 5.75 Å². The number of methoxy groups -OCH3 is 1. The van der Waals surface area contributed by atoms with Gasteiger partial charge in [0.1, 0.15) is 5.75 Å². The third kappa shape index (κ3) is 3.85. The number of nitrogens with zero attached hydrogens (tertiary/aromatic N) is 2. The van der Waals surface area contributed by atoms with E-state index in [4.69, 9.17) is 14.5 Å². The highest BCUT2D eigenvalue weighted by atomic mass is 16.6. The summed E-state index contributed by atoms with van der Waals surface area (Å²) in [6.07, 6.45) is 0. The average molecular weight is 396 g/mol. The van der Waals surface area contributed by atoms with Crippen LogP contribution in [0, 0.1) is 15.5 Å². The summed E-state index contributed by atoms with van der Waals surface area (Å²) < 4.78 is 10.8. The number of cyclic esters (lactones) is 1. The molecule has 0 saturated heterocycles. The molecule has 0 radical (unpaired) electrons. The van der Waals surface area contributed by atoms with Gasteiger partial charge in [-0.2, -0.15) is 0 Å². The maximum absolute atomic E-state index is 13.3. The first-order chi connectivity index (χ1) is 13.7. The fraction of sp³-hybridized carbons (Fsp3) is 0.364. The molecule has 3 rings (SSSR count). The van der Waals surface area contributed by atoms with Crippen molar-refractivity contribution in [1.82, 2.24) is 0 Å². The van der Waals surface area contributed by atoms with E-state index in [0.29, 0.717) is 16.9 Å². The highest BCUT2D eigenvalue weighted by Crippen LogP contribution is 2.46. The van der Waals surface area contributed by atoms with Crippen molar-refractivity contribution in [3.05, 3.63) is 75.8 Å². The zero-order valence-corrected chi connectivity index (χ0v) is 16.9. The van der Waals surface area contributed by atoms with Crippen molar-refractivity contribution in [2.75, 3.05) is 13.7 Å². The van der Waals surface area contributed by atoms with Crippen LogP contribution in [0.2, 0.25) is 0 Å². The topological polar surface area (TPSA) is 91.0 Å². The number of rotatable bonds is 6. The predicted octanol–water partition coefficient (Wildman–Crippen LogP) is 3.95. The summed E-state index contributed by atoms with van der Waals surface area (Å²) in [6.45, 7) is 5.18. The van der Waals surface area contributed by atoms with E-state index >= 15 is 0 Å². The Balaban J connectivity index is 2.25. The van der Waals surface area contributed by atoms with Gasteiger partial charge in [-0.25, -0.2) is 9.79 Å². The maximum atomic E-state index is 13.3. The molecule has 1 aliphatic rings. The van der Waals surface area contributed by atoms with Gasteiger partial charge in [0.05, 0.1) is 13.0 Å². The van der Waals surface area contributed by atoms with E-state index in [1.165, 1.54) is 0 Å². The van der Waals surface area contributed by atoms with Crippen molar-refractivity contribution in [3.63, 3.8) is 0 Å². The molecule has 0 aliphatic carbocycles. The van der Waals surface area contributed by atoms with Gasteiger partial charge in [-0.1, -0.05) is 63.2 Å². The molecule has 2 atom stereocenters. The molecule has 2 unspecified atom stereocenters. The van der Waals surface area contributed by atoms with E-state index in [9.17, 15) is 14.9 Å². The van der Waals surface area contributed by atoms with Crippen molar-refractivity contribution >= 4 is 11.9 Å². The van der Waals surface area contributed by atoms with Gasteiger partial charge < -0.3 is 9.47 Å². The third-order valence-electron chi connectivity index (χ3n) is 4.99. The Hall–Kier alpha value is -3.22. The number of hydrogen-bond acceptors (Lipinski definition) is 6. The Kier molecular flexibility index (Phi) is 5.42. The van der Waals surface area contributed by atoms with Crippen LogP contribution in [0.25, 0.3) is 0 Å². The van der Waals surface area contributed by atoms with E-state index in [1.807, 2.05) is 26.8 Å². The number of carbonyl (C=O) groups excluding carboxylic acids is 1. The number of ether oxygens (including phenoxy) is 2. The molecule has 0 saturated carbocycles. The number of hydrogen-bond donors (Lipinski definition) is 0. The van der Waals surface area contributed by atoms with E-state index in [-0.39, 0.29) is 5.90 Å². The Bertz CT molecular complexity index is 932. The number of carbonyl (C=O) groups is 1. The van der Waals surface area contributed by atoms with E-state index in [0.717, 1.165) is 0 Å². The predicted molar refractivity (Wildman–Crippen MR) is 109 cm³/mol. The van der Waals surface area contributed by atoms with Gasteiger partial charge in [0.2, 0.25) is 12.4 Å². The van der Waals surface area contributed by atoms with E-state index in [2.05, 4.69) is 0 Å². The molecular formula is C22H24N2O5. The Morgan fingerprint density at radius 3 is 2.24 bits per heavy atom. The van der Waals surface area contributed by atoms with Gasteiger partial charge in [-0.05, 0) is 23.3 Å². The minimum Gasteiger partial charge on any atom is -0.497 e. The zero-order chi connectivity index (χ0) is 21.2. The third-order valence-corrected chi connectivity index (χ3v) is 4.99. The normalized spacial score (nSPS) is 20.0. The standard InChI is InChI=1S/C22H24N2O5/c1-21(2,3)19-23-22(20(25)29-19,16-8-6-5-7-9-16)18(14-24(26)27)15-10-12-17(28-4)13-11-15/h5-13,18H,14H2,1-4H3. The Labute approximate surface area is 169 Å². The lowest BCUT2D eigenvalue weighted by molar-refractivity contribution is -0.485. The summed E-state index contributed by atoms with van der Waals surface area (Å²) in [7, 11) is 1.54. The lowest BCUT2D eigenvalue weighted by Crippen LogP contribution is -2.41. The Morgan fingerprint density at radius 2 is 1.76 bits per heavy atom. The van der Waals surface area contributed by atoms with Crippen molar-refractivity contribution in [1.29, 1.82) is 0 Å². The molecule has 0 spiro atoms. The summed E-state index contributed by atoms with van der Waals surface area (Å²) >= 11 is 0. The lowest BCUT2D eigenvalue weighted by Gasteiger charge is -2.30. The first-order valence-corrected chi connectivity index (χ1v) is 9.32. The van der Waals surface area contributed by atoms with Crippen LogP contribution in [0.4, 0.5) is 0 Å². The second-order valence-corrected chi connectivity index (χ2v) is 8.03. The van der Waals surface area contributed by atoms with Gasteiger partial charge in [0.15, 0.2) is 5.54 Å². The van der Waals surface area contributed by atoms with Crippen molar-refractivity contribution < 1.29 is 19.2 Å². The van der Waals surface area contributed by atoms with Gasteiger partial charge in [-0.3, -0.25) is 10.1 Å². The first-order valence-electron chi connectivity index (χ1n) is 9.32. The number of aliphatic imine (C=N–C) groups is 1. The van der Waals surface area contributed by atoms with E-state index in [1.54, 1.807) is 55.6 Å². The maximum Gasteiger partial charge on any atom is 0.346 e. The number of nitro groups is 1. The molecule has 2 aromatic rings.